The molecule has 1 unspecified atom stereocenters. The molecular formula is C13H16FNO. The van der Waals surface area contributed by atoms with Crippen molar-refractivity contribution in [3.8, 4) is 11.8 Å². The molecule has 0 aliphatic heterocycles. The van der Waals surface area contributed by atoms with Crippen LogP contribution in [0.2, 0.25) is 0 Å². The Morgan fingerprint density at radius 2 is 2.12 bits per heavy atom. The van der Waals surface area contributed by atoms with Crippen molar-refractivity contribution >= 4 is 0 Å². The summed E-state index contributed by atoms with van der Waals surface area (Å²) in [7, 11) is 1.43. The van der Waals surface area contributed by atoms with Gasteiger partial charge in [-0.1, -0.05) is 19.9 Å². The van der Waals surface area contributed by atoms with Crippen molar-refractivity contribution in [1.82, 2.24) is 0 Å². The normalized spacial score (nSPS) is 12.2. The van der Waals surface area contributed by atoms with Gasteiger partial charge in [-0.25, -0.2) is 4.39 Å². The quantitative estimate of drug-likeness (QED) is 0.782. The van der Waals surface area contributed by atoms with Crippen LogP contribution in [-0.4, -0.2) is 7.11 Å². The average Bonchev–Trinajstić information content (AvgIpc) is 2.25. The van der Waals surface area contributed by atoms with Gasteiger partial charge in [0.2, 0.25) is 0 Å². The highest BCUT2D eigenvalue weighted by Crippen LogP contribution is 2.21. The standard InChI is InChI=1S/C13H16FNO/c1-9(2)11(8-15)6-10-4-5-13(16-3)12(14)7-10/h4-5,7,9,11H,6H2,1-3H3. The van der Waals surface area contributed by atoms with Gasteiger partial charge in [-0.2, -0.15) is 5.26 Å². The Balaban J connectivity index is 2.83. The summed E-state index contributed by atoms with van der Waals surface area (Å²) < 4.78 is 18.2. The molecule has 3 heteroatoms. The molecule has 0 saturated carbocycles. The first-order valence-electron chi connectivity index (χ1n) is 5.30. The van der Waals surface area contributed by atoms with Crippen LogP contribution >= 0.6 is 0 Å². The maximum absolute atomic E-state index is 13.4. The highest BCUT2D eigenvalue weighted by molar-refractivity contribution is 5.29. The summed E-state index contributed by atoms with van der Waals surface area (Å²) in [5.74, 6) is 0.0604. The number of halogens is 1. The zero-order valence-electron chi connectivity index (χ0n) is 9.83. The van der Waals surface area contributed by atoms with Gasteiger partial charge in [0.15, 0.2) is 11.6 Å². The minimum Gasteiger partial charge on any atom is -0.494 e. The van der Waals surface area contributed by atoms with E-state index in [9.17, 15) is 4.39 Å². The Labute approximate surface area is 95.7 Å². The second-order valence-corrected chi connectivity index (χ2v) is 4.15. The summed E-state index contributed by atoms with van der Waals surface area (Å²) in [4.78, 5) is 0. The molecule has 1 atom stereocenters. The number of methoxy groups -OCH3 is 1. The molecule has 1 aromatic carbocycles. The number of ether oxygens (including phenoxy) is 1. The fourth-order valence-electron chi connectivity index (χ4n) is 1.52. The number of benzene rings is 1. The summed E-state index contributed by atoms with van der Waals surface area (Å²) in [6.07, 6.45) is 0.578. The van der Waals surface area contributed by atoms with Crippen LogP contribution in [0, 0.1) is 29.0 Å². The Hall–Kier alpha value is -1.56. The number of nitriles is 1. The fourth-order valence-corrected chi connectivity index (χ4v) is 1.52. The molecule has 0 radical (unpaired) electrons. The lowest BCUT2D eigenvalue weighted by atomic mass is 9.90. The van der Waals surface area contributed by atoms with Crippen LogP contribution in [0.15, 0.2) is 18.2 Å². The van der Waals surface area contributed by atoms with E-state index in [-0.39, 0.29) is 23.4 Å². The maximum atomic E-state index is 13.4. The number of hydrogen-bond acceptors (Lipinski definition) is 2. The number of rotatable bonds is 4. The van der Waals surface area contributed by atoms with Crippen molar-refractivity contribution in [2.75, 3.05) is 7.11 Å². The SMILES string of the molecule is COc1ccc(CC(C#N)C(C)C)cc1F. The molecule has 0 bridgehead atoms. The van der Waals surface area contributed by atoms with Crippen molar-refractivity contribution in [2.24, 2.45) is 11.8 Å². The second-order valence-electron chi connectivity index (χ2n) is 4.15. The summed E-state index contributed by atoms with van der Waals surface area (Å²) in [6, 6.07) is 7.08. The molecule has 0 aliphatic carbocycles. The monoisotopic (exact) mass is 221 g/mol. The summed E-state index contributed by atoms with van der Waals surface area (Å²) in [5.41, 5.74) is 0.832. The predicted molar refractivity (Wildman–Crippen MR) is 60.6 cm³/mol. The zero-order chi connectivity index (χ0) is 12.1. The van der Waals surface area contributed by atoms with Crippen LogP contribution in [0.25, 0.3) is 0 Å². The molecule has 0 amide bonds. The van der Waals surface area contributed by atoms with Crippen molar-refractivity contribution in [1.29, 1.82) is 5.26 Å². The van der Waals surface area contributed by atoms with Crippen LogP contribution in [0.3, 0.4) is 0 Å². The van der Waals surface area contributed by atoms with E-state index in [1.807, 2.05) is 13.8 Å². The highest BCUT2D eigenvalue weighted by Gasteiger charge is 2.14. The molecule has 0 heterocycles. The molecule has 0 saturated heterocycles. The molecular weight excluding hydrogens is 205 g/mol. The zero-order valence-corrected chi connectivity index (χ0v) is 9.83. The van der Waals surface area contributed by atoms with E-state index < -0.39 is 0 Å². The molecule has 0 aromatic heterocycles. The van der Waals surface area contributed by atoms with Gasteiger partial charge in [-0.15, -0.1) is 0 Å². The van der Waals surface area contributed by atoms with E-state index >= 15 is 0 Å². The van der Waals surface area contributed by atoms with Gasteiger partial charge < -0.3 is 4.74 Å². The van der Waals surface area contributed by atoms with Gasteiger partial charge >= 0.3 is 0 Å². The maximum Gasteiger partial charge on any atom is 0.165 e. The Morgan fingerprint density at radius 1 is 1.44 bits per heavy atom. The van der Waals surface area contributed by atoms with Gasteiger partial charge in [0, 0.05) is 0 Å². The molecule has 0 aliphatic rings. The van der Waals surface area contributed by atoms with Crippen molar-refractivity contribution in [3.63, 3.8) is 0 Å². The van der Waals surface area contributed by atoms with E-state index in [1.165, 1.54) is 13.2 Å². The molecule has 2 nitrogen and oxygen atoms in total. The predicted octanol–water partition coefficient (Wildman–Crippen LogP) is 3.17. The van der Waals surface area contributed by atoms with Crippen LogP contribution in [0.5, 0.6) is 5.75 Å². The highest BCUT2D eigenvalue weighted by atomic mass is 19.1. The summed E-state index contributed by atoms with van der Waals surface area (Å²) in [5, 5.41) is 8.96. The Morgan fingerprint density at radius 3 is 2.56 bits per heavy atom. The number of nitrogens with zero attached hydrogens (tertiary/aromatic N) is 1. The van der Waals surface area contributed by atoms with Gasteiger partial charge in [0.05, 0.1) is 19.1 Å². The summed E-state index contributed by atoms with van der Waals surface area (Å²) in [6.45, 7) is 3.99. The number of hydrogen-bond donors (Lipinski definition) is 0. The third kappa shape index (κ3) is 2.96. The lowest BCUT2D eigenvalue weighted by molar-refractivity contribution is 0.385. The van der Waals surface area contributed by atoms with Crippen LogP contribution in [0.1, 0.15) is 19.4 Å². The van der Waals surface area contributed by atoms with Gasteiger partial charge in [-0.3, -0.25) is 0 Å². The van der Waals surface area contributed by atoms with Crippen molar-refractivity contribution in [2.45, 2.75) is 20.3 Å². The fraction of sp³-hybridized carbons (Fsp3) is 0.462. The molecule has 0 N–H and O–H groups in total. The van der Waals surface area contributed by atoms with Gasteiger partial charge in [0.1, 0.15) is 0 Å². The topological polar surface area (TPSA) is 33.0 Å². The first-order valence-corrected chi connectivity index (χ1v) is 5.30. The summed E-state index contributed by atoms with van der Waals surface area (Å²) >= 11 is 0. The Bertz CT molecular complexity index is 395. The lowest BCUT2D eigenvalue weighted by Crippen LogP contribution is -2.09. The average molecular weight is 221 g/mol. The van der Waals surface area contributed by atoms with Gasteiger partial charge in [-0.05, 0) is 30.0 Å². The molecule has 0 fully saturated rings. The first kappa shape index (κ1) is 12.5. The Kier molecular flexibility index (Phi) is 4.30. The van der Waals surface area contributed by atoms with E-state index in [1.54, 1.807) is 12.1 Å². The van der Waals surface area contributed by atoms with E-state index in [0.29, 0.717) is 6.42 Å². The minimum atomic E-state index is -0.375. The van der Waals surface area contributed by atoms with Crippen LogP contribution in [0.4, 0.5) is 4.39 Å². The molecule has 16 heavy (non-hydrogen) atoms. The minimum absolute atomic E-state index is 0.0761. The molecule has 1 aromatic rings. The lowest BCUT2D eigenvalue weighted by Gasteiger charge is -2.13. The second kappa shape index (κ2) is 5.50. The molecule has 1 rings (SSSR count). The van der Waals surface area contributed by atoms with Crippen LogP contribution < -0.4 is 4.74 Å². The van der Waals surface area contributed by atoms with E-state index in [0.717, 1.165) is 5.56 Å². The third-order valence-electron chi connectivity index (χ3n) is 2.64. The van der Waals surface area contributed by atoms with Gasteiger partial charge in [0.25, 0.3) is 0 Å². The van der Waals surface area contributed by atoms with E-state index in [4.69, 9.17) is 10.00 Å². The van der Waals surface area contributed by atoms with Crippen molar-refractivity contribution < 1.29 is 9.13 Å². The third-order valence-corrected chi connectivity index (χ3v) is 2.64. The smallest absolute Gasteiger partial charge is 0.165 e. The molecule has 0 spiro atoms. The van der Waals surface area contributed by atoms with E-state index in [2.05, 4.69) is 6.07 Å². The van der Waals surface area contributed by atoms with Crippen molar-refractivity contribution in [3.05, 3.63) is 29.6 Å². The first-order chi connectivity index (χ1) is 7.58. The molecule has 86 valence electrons. The largest absolute Gasteiger partial charge is 0.494 e. The van der Waals surface area contributed by atoms with Crippen LogP contribution in [-0.2, 0) is 6.42 Å².